The van der Waals surface area contributed by atoms with E-state index in [9.17, 15) is 4.39 Å². The fraction of sp³-hybridized carbons (Fsp3) is 0.444. The van der Waals surface area contributed by atoms with Crippen molar-refractivity contribution in [1.82, 2.24) is 10.3 Å². The van der Waals surface area contributed by atoms with Crippen molar-refractivity contribution in [3.8, 4) is 5.75 Å². The number of pyridine rings is 1. The largest absolute Gasteiger partial charge is 0.486 e. The Morgan fingerprint density at radius 3 is 3.23 bits per heavy atom. The van der Waals surface area contributed by atoms with Crippen LogP contribution in [0.2, 0.25) is 0 Å². The first-order valence-electron chi connectivity index (χ1n) is 4.33. The molecule has 0 spiro atoms. The van der Waals surface area contributed by atoms with Crippen molar-refractivity contribution >= 4 is 0 Å². The molecular weight excluding hydrogens is 171 g/mol. The molecule has 1 aromatic rings. The lowest BCUT2D eigenvalue weighted by Gasteiger charge is -2.12. The number of ether oxygens (including phenoxy) is 1. The maximum atomic E-state index is 13.0. The SMILES string of the molecule is Fc1cnccc1OC1CCNC1. The Balaban J connectivity index is 2.04. The Labute approximate surface area is 75.9 Å². The lowest BCUT2D eigenvalue weighted by Crippen LogP contribution is -2.20. The molecule has 0 saturated carbocycles. The van der Waals surface area contributed by atoms with Gasteiger partial charge in [0, 0.05) is 18.8 Å². The summed E-state index contributed by atoms with van der Waals surface area (Å²) in [6.45, 7) is 1.74. The molecule has 0 aromatic carbocycles. The molecule has 0 radical (unpaired) electrons. The Bertz CT molecular complexity index is 287. The molecule has 1 aliphatic rings. The van der Waals surface area contributed by atoms with Crippen LogP contribution < -0.4 is 10.1 Å². The van der Waals surface area contributed by atoms with Gasteiger partial charge < -0.3 is 10.1 Å². The molecule has 1 aromatic heterocycles. The quantitative estimate of drug-likeness (QED) is 0.739. The van der Waals surface area contributed by atoms with Gasteiger partial charge in [-0.05, 0) is 13.0 Å². The highest BCUT2D eigenvalue weighted by molar-refractivity contribution is 5.20. The van der Waals surface area contributed by atoms with E-state index in [-0.39, 0.29) is 6.10 Å². The van der Waals surface area contributed by atoms with E-state index < -0.39 is 5.82 Å². The molecule has 13 heavy (non-hydrogen) atoms. The molecule has 1 atom stereocenters. The van der Waals surface area contributed by atoms with Crippen molar-refractivity contribution in [2.75, 3.05) is 13.1 Å². The summed E-state index contributed by atoms with van der Waals surface area (Å²) in [6.07, 6.45) is 3.72. The molecule has 1 N–H and O–H groups in total. The van der Waals surface area contributed by atoms with Gasteiger partial charge in [0.15, 0.2) is 11.6 Å². The molecule has 4 heteroatoms. The second-order valence-electron chi connectivity index (χ2n) is 3.04. The lowest BCUT2D eigenvalue weighted by atomic mass is 10.3. The van der Waals surface area contributed by atoms with Crippen molar-refractivity contribution < 1.29 is 9.13 Å². The summed E-state index contributed by atoms with van der Waals surface area (Å²) in [5.41, 5.74) is 0. The maximum absolute atomic E-state index is 13.0. The lowest BCUT2D eigenvalue weighted by molar-refractivity contribution is 0.212. The monoisotopic (exact) mass is 182 g/mol. The van der Waals surface area contributed by atoms with Gasteiger partial charge in [0.2, 0.25) is 0 Å². The van der Waals surface area contributed by atoms with E-state index in [4.69, 9.17) is 4.74 Å². The van der Waals surface area contributed by atoms with Gasteiger partial charge in [-0.15, -0.1) is 0 Å². The zero-order valence-electron chi connectivity index (χ0n) is 7.16. The number of hydrogen-bond acceptors (Lipinski definition) is 3. The summed E-state index contributed by atoms with van der Waals surface area (Å²) in [5.74, 6) is -0.0990. The van der Waals surface area contributed by atoms with Gasteiger partial charge in [-0.2, -0.15) is 0 Å². The fourth-order valence-corrected chi connectivity index (χ4v) is 1.37. The van der Waals surface area contributed by atoms with E-state index in [0.717, 1.165) is 25.7 Å². The molecule has 1 unspecified atom stereocenters. The first-order chi connectivity index (χ1) is 6.36. The third-order valence-corrected chi connectivity index (χ3v) is 2.04. The van der Waals surface area contributed by atoms with Crippen LogP contribution in [0, 0.1) is 5.82 Å². The van der Waals surface area contributed by atoms with Crippen molar-refractivity contribution in [3.63, 3.8) is 0 Å². The van der Waals surface area contributed by atoms with Crippen LogP contribution in [0.15, 0.2) is 18.5 Å². The minimum atomic E-state index is -0.394. The topological polar surface area (TPSA) is 34.1 Å². The van der Waals surface area contributed by atoms with Crippen LogP contribution in [0.3, 0.4) is 0 Å². The minimum Gasteiger partial charge on any atom is -0.486 e. The van der Waals surface area contributed by atoms with Crippen LogP contribution >= 0.6 is 0 Å². The Morgan fingerprint density at radius 1 is 1.62 bits per heavy atom. The van der Waals surface area contributed by atoms with E-state index in [1.165, 1.54) is 6.20 Å². The standard InChI is InChI=1S/C9H11FN2O/c10-8-6-12-4-2-9(8)13-7-1-3-11-5-7/h2,4,6-7,11H,1,3,5H2. The molecule has 3 nitrogen and oxygen atoms in total. The van der Waals surface area contributed by atoms with Gasteiger partial charge in [0.1, 0.15) is 6.10 Å². The van der Waals surface area contributed by atoms with Crippen molar-refractivity contribution in [2.24, 2.45) is 0 Å². The maximum Gasteiger partial charge on any atom is 0.183 e. The number of hydrogen-bond donors (Lipinski definition) is 1. The third kappa shape index (κ3) is 1.95. The minimum absolute atomic E-state index is 0.0944. The van der Waals surface area contributed by atoms with E-state index in [1.807, 2.05) is 0 Å². The van der Waals surface area contributed by atoms with Gasteiger partial charge in [-0.3, -0.25) is 4.98 Å². The van der Waals surface area contributed by atoms with E-state index >= 15 is 0 Å². The molecule has 2 heterocycles. The molecule has 1 fully saturated rings. The summed E-state index contributed by atoms with van der Waals surface area (Å²) in [5, 5.41) is 3.15. The van der Waals surface area contributed by atoms with Gasteiger partial charge in [0.25, 0.3) is 0 Å². The predicted octanol–water partition coefficient (Wildman–Crippen LogP) is 0.961. The highest BCUT2D eigenvalue weighted by Gasteiger charge is 2.17. The number of nitrogens with zero attached hydrogens (tertiary/aromatic N) is 1. The number of halogens is 1. The summed E-state index contributed by atoms with van der Waals surface area (Å²) in [4.78, 5) is 3.65. The van der Waals surface area contributed by atoms with Gasteiger partial charge >= 0.3 is 0 Å². The second-order valence-corrected chi connectivity index (χ2v) is 3.04. The van der Waals surface area contributed by atoms with Crippen LogP contribution in [0.5, 0.6) is 5.75 Å². The molecular formula is C9H11FN2O. The average molecular weight is 182 g/mol. The predicted molar refractivity (Wildman–Crippen MR) is 46.1 cm³/mol. The highest BCUT2D eigenvalue weighted by atomic mass is 19.1. The van der Waals surface area contributed by atoms with Gasteiger partial charge in [-0.25, -0.2) is 4.39 Å². The smallest absolute Gasteiger partial charge is 0.183 e. The molecule has 0 aliphatic carbocycles. The Morgan fingerprint density at radius 2 is 2.54 bits per heavy atom. The first kappa shape index (κ1) is 8.44. The zero-order valence-corrected chi connectivity index (χ0v) is 7.16. The number of rotatable bonds is 2. The van der Waals surface area contributed by atoms with Crippen LogP contribution in [0.1, 0.15) is 6.42 Å². The summed E-state index contributed by atoms with van der Waals surface area (Å²) in [7, 11) is 0. The number of nitrogens with one attached hydrogen (secondary N) is 1. The van der Waals surface area contributed by atoms with E-state index in [0.29, 0.717) is 5.75 Å². The number of aromatic nitrogens is 1. The zero-order chi connectivity index (χ0) is 9.10. The molecule has 0 amide bonds. The second kappa shape index (κ2) is 3.70. The highest BCUT2D eigenvalue weighted by Crippen LogP contribution is 2.17. The van der Waals surface area contributed by atoms with Crippen LogP contribution in [0.25, 0.3) is 0 Å². The van der Waals surface area contributed by atoms with Gasteiger partial charge in [0.05, 0.1) is 6.20 Å². The Kier molecular flexibility index (Phi) is 2.40. The van der Waals surface area contributed by atoms with E-state index in [2.05, 4.69) is 10.3 Å². The fourth-order valence-electron chi connectivity index (χ4n) is 1.37. The molecule has 0 bridgehead atoms. The van der Waals surface area contributed by atoms with Crippen LogP contribution in [-0.2, 0) is 0 Å². The third-order valence-electron chi connectivity index (χ3n) is 2.04. The van der Waals surface area contributed by atoms with Crippen LogP contribution in [-0.4, -0.2) is 24.2 Å². The summed E-state index contributed by atoms with van der Waals surface area (Å²) < 4.78 is 18.5. The average Bonchev–Trinajstić information content (AvgIpc) is 2.61. The van der Waals surface area contributed by atoms with Gasteiger partial charge in [-0.1, -0.05) is 0 Å². The first-order valence-corrected chi connectivity index (χ1v) is 4.33. The molecule has 1 aliphatic heterocycles. The van der Waals surface area contributed by atoms with E-state index in [1.54, 1.807) is 6.07 Å². The Hall–Kier alpha value is -1.16. The van der Waals surface area contributed by atoms with Crippen molar-refractivity contribution in [2.45, 2.75) is 12.5 Å². The normalized spacial score (nSPS) is 21.8. The van der Waals surface area contributed by atoms with Crippen molar-refractivity contribution in [3.05, 3.63) is 24.3 Å². The summed E-state index contributed by atoms with van der Waals surface area (Å²) in [6, 6.07) is 1.55. The summed E-state index contributed by atoms with van der Waals surface area (Å²) >= 11 is 0. The molecule has 1 saturated heterocycles. The van der Waals surface area contributed by atoms with Crippen molar-refractivity contribution in [1.29, 1.82) is 0 Å². The molecule has 2 rings (SSSR count). The van der Waals surface area contributed by atoms with Crippen LogP contribution in [0.4, 0.5) is 4.39 Å². The molecule has 70 valence electrons.